The third-order valence-corrected chi connectivity index (χ3v) is 5.45. The molecule has 0 aromatic carbocycles. The molecule has 3 aliphatic rings. The minimum Gasteiger partial charge on any atom is -0.379 e. The standard InChI is InChI=1S/C16H26F3N3O2/c1-11-10-24-7-6-21(11)12-8-14(20-15(23)9-12)22-5-3-2-4-13(22)16(17,18)19/h11-14H,2-10H2,1H3,(H,20,23)/t11-,12?,13-,14?/m1/s1. The van der Waals surface area contributed by atoms with E-state index in [2.05, 4.69) is 10.2 Å². The van der Waals surface area contributed by atoms with Crippen molar-refractivity contribution in [3.63, 3.8) is 0 Å². The molecule has 0 saturated carbocycles. The lowest BCUT2D eigenvalue weighted by Gasteiger charge is -2.48. The highest BCUT2D eigenvalue weighted by atomic mass is 19.4. The Morgan fingerprint density at radius 2 is 2.00 bits per heavy atom. The van der Waals surface area contributed by atoms with Crippen LogP contribution >= 0.6 is 0 Å². The van der Waals surface area contributed by atoms with Crippen molar-refractivity contribution in [3.05, 3.63) is 0 Å². The summed E-state index contributed by atoms with van der Waals surface area (Å²) in [5.74, 6) is -0.151. The second kappa shape index (κ2) is 7.17. The van der Waals surface area contributed by atoms with Crippen molar-refractivity contribution < 1.29 is 22.7 Å². The summed E-state index contributed by atoms with van der Waals surface area (Å²) in [6.45, 7) is 4.38. The number of nitrogens with zero attached hydrogens (tertiary/aromatic N) is 2. The molecule has 24 heavy (non-hydrogen) atoms. The molecule has 0 radical (unpaired) electrons. The SMILES string of the molecule is C[C@@H]1COCCN1C1CC(=O)NC(N2CCCC[C@@H]2C(F)(F)F)C1. The van der Waals surface area contributed by atoms with Crippen LogP contribution in [0.15, 0.2) is 0 Å². The maximum atomic E-state index is 13.4. The number of nitrogens with one attached hydrogen (secondary N) is 1. The van der Waals surface area contributed by atoms with Gasteiger partial charge in [-0.2, -0.15) is 13.2 Å². The van der Waals surface area contributed by atoms with Crippen LogP contribution in [0, 0.1) is 0 Å². The Kier molecular flexibility index (Phi) is 5.36. The van der Waals surface area contributed by atoms with E-state index in [4.69, 9.17) is 4.74 Å². The Morgan fingerprint density at radius 1 is 1.21 bits per heavy atom. The van der Waals surface area contributed by atoms with Crippen LogP contribution in [-0.4, -0.2) is 72.5 Å². The van der Waals surface area contributed by atoms with E-state index in [-0.39, 0.29) is 24.4 Å². The van der Waals surface area contributed by atoms with E-state index in [0.717, 1.165) is 13.0 Å². The lowest BCUT2D eigenvalue weighted by molar-refractivity contribution is -0.202. The molecule has 3 heterocycles. The zero-order valence-electron chi connectivity index (χ0n) is 14.0. The second-order valence-electron chi connectivity index (χ2n) is 7.13. The molecule has 1 amide bonds. The number of alkyl halides is 3. The largest absolute Gasteiger partial charge is 0.404 e. The van der Waals surface area contributed by atoms with Gasteiger partial charge in [-0.05, 0) is 26.2 Å². The van der Waals surface area contributed by atoms with Crippen molar-refractivity contribution in [1.82, 2.24) is 15.1 Å². The zero-order chi connectivity index (χ0) is 17.3. The van der Waals surface area contributed by atoms with Crippen LogP contribution in [0.3, 0.4) is 0 Å². The number of likely N-dealkylation sites (tertiary alicyclic amines) is 1. The zero-order valence-corrected chi connectivity index (χ0v) is 14.0. The van der Waals surface area contributed by atoms with E-state index in [0.29, 0.717) is 39.0 Å². The Bertz CT molecular complexity index is 460. The summed E-state index contributed by atoms with van der Waals surface area (Å²) >= 11 is 0. The normalized spacial score (nSPS) is 37.2. The first kappa shape index (κ1) is 17.9. The second-order valence-corrected chi connectivity index (χ2v) is 7.13. The van der Waals surface area contributed by atoms with Crippen molar-refractivity contribution >= 4 is 5.91 Å². The minimum absolute atomic E-state index is 0.0153. The highest BCUT2D eigenvalue weighted by molar-refractivity contribution is 5.77. The van der Waals surface area contributed by atoms with Gasteiger partial charge in [-0.25, -0.2) is 0 Å². The van der Waals surface area contributed by atoms with Crippen LogP contribution in [-0.2, 0) is 9.53 Å². The van der Waals surface area contributed by atoms with E-state index >= 15 is 0 Å². The summed E-state index contributed by atoms with van der Waals surface area (Å²) < 4.78 is 45.6. The predicted molar refractivity (Wildman–Crippen MR) is 82.3 cm³/mol. The van der Waals surface area contributed by atoms with Gasteiger partial charge in [-0.15, -0.1) is 0 Å². The number of amides is 1. The van der Waals surface area contributed by atoms with Crippen molar-refractivity contribution in [2.75, 3.05) is 26.3 Å². The maximum absolute atomic E-state index is 13.4. The highest BCUT2D eigenvalue weighted by Crippen LogP contribution is 2.34. The van der Waals surface area contributed by atoms with E-state index in [1.807, 2.05) is 6.92 Å². The summed E-state index contributed by atoms with van der Waals surface area (Å²) in [5, 5.41) is 2.80. The van der Waals surface area contributed by atoms with Gasteiger partial charge in [-0.1, -0.05) is 6.42 Å². The van der Waals surface area contributed by atoms with Gasteiger partial charge in [0.05, 0.1) is 19.4 Å². The van der Waals surface area contributed by atoms with Crippen LogP contribution in [0.4, 0.5) is 13.2 Å². The van der Waals surface area contributed by atoms with Gasteiger partial charge in [0.25, 0.3) is 0 Å². The molecule has 0 bridgehead atoms. The Balaban J connectivity index is 1.73. The summed E-state index contributed by atoms with van der Waals surface area (Å²) in [5.41, 5.74) is 0. The summed E-state index contributed by atoms with van der Waals surface area (Å²) in [7, 11) is 0. The van der Waals surface area contributed by atoms with Crippen LogP contribution < -0.4 is 5.32 Å². The number of morpholine rings is 1. The molecule has 0 aliphatic carbocycles. The number of carbonyl (C=O) groups is 1. The van der Waals surface area contributed by atoms with Gasteiger partial charge in [0.2, 0.25) is 5.91 Å². The van der Waals surface area contributed by atoms with Crippen molar-refractivity contribution in [3.8, 4) is 0 Å². The van der Waals surface area contributed by atoms with Crippen LogP contribution in [0.2, 0.25) is 0 Å². The number of piperidine rings is 2. The Hall–Kier alpha value is -0.860. The molecule has 5 nitrogen and oxygen atoms in total. The third-order valence-electron chi connectivity index (χ3n) is 5.45. The van der Waals surface area contributed by atoms with Crippen LogP contribution in [0.25, 0.3) is 0 Å². The topological polar surface area (TPSA) is 44.8 Å². The van der Waals surface area contributed by atoms with Crippen molar-refractivity contribution in [2.45, 2.75) is 69.5 Å². The van der Waals surface area contributed by atoms with Gasteiger partial charge in [0, 0.05) is 31.6 Å². The average molecular weight is 349 g/mol. The lowest BCUT2D eigenvalue weighted by atomic mass is 9.94. The van der Waals surface area contributed by atoms with Gasteiger partial charge in [0.15, 0.2) is 0 Å². The minimum atomic E-state index is -4.25. The molecule has 3 saturated heterocycles. The van der Waals surface area contributed by atoms with Gasteiger partial charge >= 0.3 is 6.18 Å². The fraction of sp³-hybridized carbons (Fsp3) is 0.938. The molecule has 0 aromatic heterocycles. The molecule has 4 atom stereocenters. The first-order valence-corrected chi connectivity index (χ1v) is 8.81. The molecular formula is C16H26F3N3O2. The fourth-order valence-corrected chi connectivity index (χ4v) is 4.29. The molecule has 3 rings (SSSR count). The van der Waals surface area contributed by atoms with Crippen LogP contribution in [0.1, 0.15) is 39.0 Å². The number of halogens is 3. The number of ether oxygens (including phenoxy) is 1. The molecule has 138 valence electrons. The molecular weight excluding hydrogens is 323 g/mol. The number of carbonyl (C=O) groups excluding carboxylic acids is 1. The average Bonchev–Trinajstić information content (AvgIpc) is 2.54. The Labute approximate surface area is 140 Å². The van der Waals surface area contributed by atoms with E-state index in [9.17, 15) is 18.0 Å². The molecule has 0 spiro atoms. The molecule has 2 unspecified atom stereocenters. The number of rotatable bonds is 2. The first-order chi connectivity index (χ1) is 11.4. The lowest BCUT2D eigenvalue weighted by Crippen LogP contribution is -2.64. The molecule has 0 aromatic rings. The smallest absolute Gasteiger partial charge is 0.379 e. The summed E-state index contributed by atoms with van der Waals surface area (Å²) in [6.07, 6.45) is -2.42. The van der Waals surface area contributed by atoms with Gasteiger partial charge in [0.1, 0.15) is 6.04 Å². The monoisotopic (exact) mass is 349 g/mol. The third kappa shape index (κ3) is 3.86. The van der Waals surface area contributed by atoms with Gasteiger partial charge < -0.3 is 10.1 Å². The van der Waals surface area contributed by atoms with E-state index in [1.165, 1.54) is 4.90 Å². The Morgan fingerprint density at radius 3 is 2.71 bits per heavy atom. The van der Waals surface area contributed by atoms with Crippen molar-refractivity contribution in [1.29, 1.82) is 0 Å². The number of hydrogen-bond donors (Lipinski definition) is 1. The number of hydrogen-bond acceptors (Lipinski definition) is 4. The van der Waals surface area contributed by atoms with Gasteiger partial charge in [-0.3, -0.25) is 14.6 Å². The quantitative estimate of drug-likeness (QED) is 0.825. The molecule has 1 N–H and O–H groups in total. The molecule has 3 aliphatic heterocycles. The fourth-order valence-electron chi connectivity index (χ4n) is 4.29. The van der Waals surface area contributed by atoms with Crippen molar-refractivity contribution in [2.24, 2.45) is 0 Å². The van der Waals surface area contributed by atoms with Crippen LogP contribution in [0.5, 0.6) is 0 Å². The summed E-state index contributed by atoms with van der Waals surface area (Å²) in [4.78, 5) is 15.9. The summed E-state index contributed by atoms with van der Waals surface area (Å²) in [6, 6.07) is -1.27. The predicted octanol–water partition coefficient (Wildman–Crippen LogP) is 1.73. The van der Waals surface area contributed by atoms with E-state index in [1.54, 1.807) is 0 Å². The molecule has 3 fully saturated rings. The highest BCUT2D eigenvalue weighted by Gasteiger charge is 2.48. The maximum Gasteiger partial charge on any atom is 0.404 e. The molecule has 8 heteroatoms. The van der Waals surface area contributed by atoms with E-state index < -0.39 is 18.4 Å². The first-order valence-electron chi connectivity index (χ1n) is 8.81.